The largest absolute Gasteiger partial charge is 0.491 e. The molecule has 0 saturated carbocycles. The maximum atomic E-state index is 8.96. The van der Waals surface area contributed by atoms with Crippen LogP contribution in [-0.2, 0) is 4.74 Å². The number of hydrogen-bond donors (Lipinski definition) is 0. The standard InChI is InChI=1S/C14H20ClN3O/c1-2-3-8-19-14-10-12(17-16)11(15)9-13(14)18-6-4-5-7-18/h9-11H,2-8H2,1H3. The van der Waals surface area contributed by atoms with Crippen molar-refractivity contribution >= 4 is 17.3 Å². The average molecular weight is 282 g/mol. The van der Waals surface area contributed by atoms with Crippen LogP contribution >= 0.6 is 11.6 Å². The van der Waals surface area contributed by atoms with Gasteiger partial charge >= 0.3 is 5.71 Å². The molecule has 0 aromatic heterocycles. The fraction of sp³-hybridized carbons (Fsp3) is 0.643. The number of ether oxygens (including phenoxy) is 1. The molecule has 2 rings (SSSR count). The molecule has 0 radical (unpaired) electrons. The van der Waals surface area contributed by atoms with E-state index < -0.39 is 0 Å². The van der Waals surface area contributed by atoms with Crippen molar-refractivity contribution in [1.29, 1.82) is 0 Å². The Morgan fingerprint density at radius 3 is 2.84 bits per heavy atom. The zero-order valence-corrected chi connectivity index (χ0v) is 12.1. The maximum absolute atomic E-state index is 8.96. The van der Waals surface area contributed by atoms with Gasteiger partial charge in [-0.05, 0) is 25.3 Å². The highest BCUT2D eigenvalue weighted by Gasteiger charge is 2.30. The van der Waals surface area contributed by atoms with Crippen LogP contribution in [0.25, 0.3) is 5.53 Å². The van der Waals surface area contributed by atoms with Gasteiger partial charge in [-0.25, -0.2) is 0 Å². The molecule has 0 N–H and O–H groups in total. The van der Waals surface area contributed by atoms with E-state index in [-0.39, 0.29) is 5.38 Å². The molecule has 1 unspecified atom stereocenters. The molecular weight excluding hydrogens is 262 g/mol. The van der Waals surface area contributed by atoms with E-state index in [1.54, 1.807) is 6.08 Å². The van der Waals surface area contributed by atoms with Crippen LogP contribution < -0.4 is 0 Å². The Labute approximate surface area is 119 Å². The van der Waals surface area contributed by atoms with Crippen LogP contribution in [0.1, 0.15) is 32.6 Å². The Morgan fingerprint density at radius 2 is 2.21 bits per heavy atom. The topological polar surface area (TPSA) is 48.9 Å². The van der Waals surface area contributed by atoms with Gasteiger partial charge in [0.25, 0.3) is 0 Å². The van der Waals surface area contributed by atoms with Gasteiger partial charge in [0.2, 0.25) is 0 Å². The third-order valence-electron chi connectivity index (χ3n) is 3.44. The molecule has 1 atom stereocenters. The molecule has 104 valence electrons. The van der Waals surface area contributed by atoms with E-state index in [4.69, 9.17) is 21.9 Å². The number of likely N-dealkylation sites (tertiary alicyclic amines) is 1. The van der Waals surface area contributed by atoms with Crippen LogP contribution in [0.2, 0.25) is 0 Å². The van der Waals surface area contributed by atoms with Crippen molar-refractivity contribution < 1.29 is 9.53 Å². The summed E-state index contributed by atoms with van der Waals surface area (Å²) in [7, 11) is 0. The summed E-state index contributed by atoms with van der Waals surface area (Å²) in [6.07, 6.45) is 8.18. The van der Waals surface area contributed by atoms with Crippen LogP contribution in [0.15, 0.2) is 23.6 Å². The lowest BCUT2D eigenvalue weighted by Crippen LogP contribution is -2.27. The summed E-state index contributed by atoms with van der Waals surface area (Å²) in [5.74, 6) is 0.778. The molecule has 0 aromatic rings. The third-order valence-corrected chi connectivity index (χ3v) is 3.79. The second-order valence-corrected chi connectivity index (χ2v) is 5.35. The predicted molar refractivity (Wildman–Crippen MR) is 76.1 cm³/mol. The summed E-state index contributed by atoms with van der Waals surface area (Å²) in [4.78, 5) is 5.53. The van der Waals surface area contributed by atoms with E-state index in [2.05, 4.69) is 16.6 Å². The summed E-state index contributed by atoms with van der Waals surface area (Å²) in [5, 5.41) is -0.390. The van der Waals surface area contributed by atoms with E-state index in [0.717, 1.165) is 37.4 Å². The number of unbranched alkanes of at least 4 members (excludes halogenated alkanes) is 1. The molecule has 0 bridgehead atoms. The van der Waals surface area contributed by atoms with Gasteiger partial charge in [-0.3, -0.25) is 0 Å². The Kier molecular flexibility index (Phi) is 5.06. The Hall–Kier alpha value is -1.25. The van der Waals surface area contributed by atoms with E-state index in [9.17, 15) is 0 Å². The first-order valence-electron chi connectivity index (χ1n) is 6.94. The minimum Gasteiger partial charge on any atom is -0.491 e. The quantitative estimate of drug-likeness (QED) is 0.337. The van der Waals surface area contributed by atoms with Crippen molar-refractivity contribution in [1.82, 2.24) is 4.90 Å². The number of nitrogens with zero attached hydrogens (tertiary/aromatic N) is 3. The minimum absolute atomic E-state index is 0.390. The number of rotatable bonds is 5. The van der Waals surface area contributed by atoms with Crippen molar-refractivity contribution in [3.63, 3.8) is 0 Å². The highest BCUT2D eigenvalue weighted by atomic mass is 35.5. The first-order chi connectivity index (χ1) is 9.26. The van der Waals surface area contributed by atoms with Crippen molar-refractivity contribution in [3.8, 4) is 0 Å². The lowest BCUT2D eigenvalue weighted by Gasteiger charge is -2.26. The Morgan fingerprint density at radius 1 is 1.47 bits per heavy atom. The molecule has 5 heteroatoms. The van der Waals surface area contributed by atoms with Gasteiger partial charge in [-0.15, -0.1) is 11.6 Å². The van der Waals surface area contributed by atoms with Crippen LogP contribution in [0.5, 0.6) is 0 Å². The normalized spacial score (nSPS) is 22.9. The summed E-state index contributed by atoms with van der Waals surface area (Å²) in [6.45, 7) is 4.88. The molecule has 2 aliphatic rings. The molecule has 19 heavy (non-hydrogen) atoms. The van der Waals surface area contributed by atoms with E-state index in [1.807, 2.05) is 6.08 Å². The van der Waals surface area contributed by atoms with Gasteiger partial charge in [0.1, 0.15) is 5.76 Å². The first kappa shape index (κ1) is 14.2. The molecule has 1 heterocycles. The lowest BCUT2D eigenvalue weighted by molar-refractivity contribution is -0.00568. The molecular formula is C14H20ClN3O. The molecule has 1 aliphatic heterocycles. The summed E-state index contributed by atoms with van der Waals surface area (Å²) >= 11 is 6.19. The van der Waals surface area contributed by atoms with Gasteiger partial charge in [0.15, 0.2) is 5.38 Å². The molecule has 1 fully saturated rings. The number of hydrogen-bond acceptors (Lipinski definition) is 2. The van der Waals surface area contributed by atoms with Crippen molar-refractivity contribution in [2.24, 2.45) is 0 Å². The van der Waals surface area contributed by atoms with Crippen molar-refractivity contribution in [3.05, 3.63) is 29.1 Å². The third kappa shape index (κ3) is 3.40. The fourth-order valence-electron chi connectivity index (χ4n) is 2.34. The average Bonchev–Trinajstić information content (AvgIpc) is 2.94. The van der Waals surface area contributed by atoms with E-state index in [1.165, 1.54) is 12.8 Å². The molecule has 4 nitrogen and oxygen atoms in total. The number of alkyl halides is 1. The van der Waals surface area contributed by atoms with Gasteiger partial charge in [-0.2, -0.15) is 4.79 Å². The zero-order valence-electron chi connectivity index (χ0n) is 11.3. The van der Waals surface area contributed by atoms with E-state index >= 15 is 0 Å². The SMILES string of the molecule is CCCCOC1=CC(=[N+]=[N-])C(Cl)C=C1N1CCCC1. The van der Waals surface area contributed by atoms with Gasteiger partial charge < -0.3 is 15.2 Å². The van der Waals surface area contributed by atoms with Crippen LogP contribution in [0.4, 0.5) is 0 Å². The second-order valence-electron chi connectivity index (χ2n) is 4.88. The van der Waals surface area contributed by atoms with E-state index in [0.29, 0.717) is 12.3 Å². The molecule has 1 aliphatic carbocycles. The Balaban J connectivity index is 2.16. The highest BCUT2D eigenvalue weighted by Crippen LogP contribution is 2.27. The maximum Gasteiger partial charge on any atom is 0.317 e. The molecule has 1 saturated heterocycles. The first-order valence-corrected chi connectivity index (χ1v) is 7.37. The number of allylic oxidation sites excluding steroid dienone is 2. The monoisotopic (exact) mass is 281 g/mol. The fourth-order valence-corrected chi connectivity index (χ4v) is 2.57. The summed E-state index contributed by atoms with van der Waals surface area (Å²) < 4.78 is 5.83. The highest BCUT2D eigenvalue weighted by molar-refractivity contribution is 6.34. The van der Waals surface area contributed by atoms with Gasteiger partial charge in [0, 0.05) is 13.1 Å². The van der Waals surface area contributed by atoms with Crippen molar-refractivity contribution in [2.45, 2.75) is 38.0 Å². The van der Waals surface area contributed by atoms with Gasteiger partial charge in [-0.1, -0.05) is 13.3 Å². The van der Waals surface area contributed by atoms with Crippen LogP contribution in [0, 0.1) is 0 Å². The smallest absolute Gasteiger partial charge is 0.317 e. The van der Waals surface area contributed by atoms with Gasteiger partial charge in [0.05, 0.1) is 18.4 Å². The van der Waals surface area contributed by atoms with Crippen LogP contribution in [-0.4, -0.2) is 40.5 Å². The second kappa shape index (κ2) is 6.78. The lowest BCUT2D eigenvalue weighted by atomic mass is 10.1. The predicted octanol–water partition coefficient (Wildman–Crippen LogP) is 2.96. The summed E-state index contributed by atoms with van der Waals surface area (Å²) in [6, 6.07) is 0. The minimum atomic E-state index is -0.390. The van der Waals surface area contributed by atoms with Crippen LogP contribution in [0.3, 0.4) is 0 Å². The molecule has 0 amide bonds. The number of halogens is 1. The summed E-state index contributed by atoms with van der Waals surface area (Å²) in [5.41, 5.74) is 10.4. The zero-order chi connectivity index (χ0) is 13.7. The van der Waals surface area contributed by atoms with Crippen molar-refractivity contribution in [2.75, 3.05) is 19.7 Å². The molecule has 0 aromatic carbocycles. The Bertz CT molecular complexity index is 432. The molecule has 0 spiro atoms.